The molecule has 3 aromatic rings. The second-order valence-electron chi connectivity index (χ2n) is 6.81. The summed E-state index contributed by atoms with van der Waals surface area (Å²) < 4.78 is 18.5. The van der Waals surface area contributed by atoms with Crippen molar-refractivity contribution in [2.75, 3.05) is 36.6 Å². The van der Waals surface area contributed by atoms with Crippen LogP contribution in [0.4, 0.5) is 10.7 Å². The molecule has 0 aliphatic carbocycles. The van der Waals surface area contributed by atoms with E-state index < -0.39 is 24.5 Å². The SMILES string of the molecule is CCOC(=O)c1cc(-c2ccc(OC)cc2)sc1NC(=O)COC(=O)c1cccc(NSC)c1. The van der Waals surface area contributed by atoms with Gasteiger partial charge < -0.3 is 24.2 Å². The number of hydrogen-bond donors (Lipinski definition) is 2. The number of ether oxygens (including phenoxy) is 3. The van der Waals surface area contributed by atoms with Crippen LogP contribution in [0.1, 0.15) is 27.6 Å². The minimum absolute atomic E-state index is 0.196. The van der Waals surface area contributed by atoms with Gasteiger partial charge in [-0.1, -0.05) is 18.0 Å². The van der Waals surface area contributed by atoms with Gasteiger partial charge in [0.2, 0.25) is 0 Å². The van der Waals surface area contributed by atoms with Gasteiger partial charge in [0.15, 0.2) is 6.61 Å². The zero-order valence-corrected chi connectivity index (χ0v) is 20.5. The van der Waals surface area contributed by atoms with Gasteiger partial charge in [-0.05, 0) is 61.0 Å². The monoisotopic (exact) mass is 500 g/mol. The number of anilines is 2. The van der Waals surface area contributed by atoms with Gasteiger partial charge in [0.1, 0.15) is 10.8 Å². The third-order valence-corrected chi connectivity index (χ3v) is 6.05. The van der Waals surface area contributed by atoms with Gasteiger partial charge in [-0.15, -0.1) is 11.3 Å². The Morgan fingerprint density at radius 2 is 1.76 bits per heavy atom. The minimum atomic E-state index is -0.629. The second kappa shape index (κ2) is 12.1. The summed E-state index contributed by atoms with van der Waals surface area (Å²) in [5, 5.41) is 2.98. The van der Waals surface area contributed by atoms with Crippen LogP contribution in [0.25, 0.3) is 10.4 Å². The molecule has 0 bridgehead atoms. The predicted octanol–water partition coefficient (Wildman–Crippen LogP) is 5.09. The molecule has 0 atom stereocenters. The zero-order valence-electron chi connectivity index (χ0n) is 18.9. The Bertz CT molecular complexity index is 1160. The van der Waals surface area contributed by atoms with Gasteiger partial charge in [0.05, 0.1) is 24.8 Å². The number of amides is 1. The summed E-state index contributed by atoms with van der Waals surface area (Å²) in [6.07, 6.45) is 1.87. The van der Waals surface area contributed by atoms with E-state index in [2.05, 4.69) is 10.0 Å². The van der Waals surface area contributed by atoms with E-state index in [0.717, 1.165) is 16.1 Å². The minimum Gasteiger partial charge on any atom is -0.497 e. The maximum Gasteiger partial charge on any atom is 0.341 e. The first kappa shape index (κ1) is 25.1. The first-order valence-electron chi connectivity index (χ1n) is 10.3. The van der Waals surface area contributed by atoms with Crippen LogP contribution in [0, 0.1) is 0 Å². The lowest BCUT2D eigenvalue weighted by Crippen LogP contribution is -2.21. The van der Waals surface area contributed by atoms with E-state index in [1.54, 1.807) is 50.4 Å². The molecule has 0 fully saturated rings. The number of carbonyl (C=O) groups is 3. The van der Waals surface area contributed by atoms with Crippen molar-refractivity contribution in [1.29, 1.82) is 0 Å². The predicted molar refractivity (Wildman–Crippen MR) is 135 cm³/mol. The fourth-order valence-electron chi connectivity index (χ4n) is 2.95. The summed E-state index contributed by atoms with van der Waals surface area (Å²) >= 11 is 2.62. The largest absolute Gasteiger partial charge is 0.497 e. The molecule has 0 unspecified atom stereocenters. The van der Waals surface area contributed by atoms with Crippen LogP contribution in [0.2, 0.25) is 0 Å². The lowest BCUT2D eigenvalue weighted by atomic mass is 10.1. The van der Waals surface area contributed by atoms with Crippen molar-refractivity contribution in [3.63, 3.8) is 0 Å². The molecule has 0 aliphatic rings. The Balaban J connectivity index is 1.71. The van der Waals surface area contributed by atoms with Crippen LogP contribution in [-0.2, 0) is 14.3 Å². The number of esters is 2. The lowest BCUT2D eigenvalue weighted by molar-refractivity contribution is -0.119. The molecule has 178 valence electrons. The van der Waals surface area contributed by atoms with Crippen LogP contribution >= 0.6 is 23.3 Å². The van der Waals surface area contributed by atoms with E-state index >= 15 is 0 Å². The first-order chi connectivity index (χ1) is 16.4. The van der Waals surface area contributed by atoms with Crippen molar-refractivity contribution in [3.05, 3.63) is 65.7 Å². The molecule has 0 aliphatic heterocycles. The van der Waals surface area contributed by atoms with E-state index in [9.17, 15) is 14.4 Å². The molecule has 34 heavy (non-hydrogen) atoms. The summed E-state index contributed by atoms with van der Waals surface area (Å²) in [5.41, 5.74) is 2.14. The second-order valence-corrected chi connectivity index (χ2v) is 8.48. The average Bonchev–Trinajstić information content (AvgIpc) is 3.27. The van der Waals surface area contributed by atoms with Gasteiger partial charge >= 0.3 is 11.9 Å². The van der Waals surface area contributed by atoms with Gasteiger partial charge in [-0.3, -0.25) is 4.79 Å². The molecule has 8 nitrogen and oxygen atoms in total. The fraction of sp³-hybridized carbons (Fsp3) is 0.208. The summed E-state index contributed by atoms with van der Waals surface area (Å²) in [6.45, 7) is 1.40. The van der Waals surface area contributed by atoms with E-state index in [4.69, 9.17) is 14.2 Å². The number of rotatable bonds is 10. The molecule has 1 heterocycles. The van der Waals surface area contributed by atoms with Crippen molar-refractivity contribution in [2.24, 2.45) is 0 Å². The van der Waals surface area contributed by atoms with Crippen molar-refractivity contribution >= 4 is 51.8 Å². The molecule has 0 saturated carbocycles. The molecular weight excluding hydrogens is 476 g/mol. The van der Waals surface area contributed by atoms with Crippen LogP contribution in [0.15, 0.2) is 54.6 Å². The summed E-state index contributed by atoms with van der Waals surface area (Å²) in [6, 6.07) is 15.7. The van der Waals surface area contributed by atoms with Gasteiger partial charge in [0.25, 0.3) is 5.91 Å². The van der Waals surface area contributed by atoms with Gasteiger partial charge in [0, 0.05) is 16.8 Å². The molecule has 3 rings (SSSR count). The highest BCUT2D eigenvalue weighted by Gasteiger charge is 2.21. The topological polar surface area (TPSA) is 103 Å². The molecule has 2 N–H and O–H groups in total. The summed E-state index contributed by atoms with van der Waals surface area (Å²) in [4.78, 5) is 38.1. The number of thiophene rings is 1. The highest BCUT2D eigenvalue weighted by atomic mass is 32.2. The molecule has 0 saturated heterocycles. The smallest absolute Gasteiger partial charge is 0.341 e. The van der Waals surface area contributed by atoms with Crippen molar-refractivity contribution in [1.82, 2.24) is 0 Å². The highest BCUT2D eigenvalue weighted by Crippen LogP contribution is 2.36. The van der Waals surface area contributed by atoms with Crippen LogP contribution < -0.4 is 14.8 Å². The number of methoxy groups -OCH3 is 1. The third kappa shape index (κ3) is 6.52. The lowest BCUT2D eigenvalue weighted by Gasteiger charge is -2.08. The third-order valence-electron chi connectivity index (χ3n) is 4.51. The van der Waals surface area contributed by atoms with E-state index in [1.807, 2.05) is 24.5 Å². The Kier molecular flexibility index (Phi) is 8.94. The molecule has 0 radical (unpaired) electrons. The zero-order chi connectivity index (χ0) is 24.5. The Morgan fingerprint density at radius 3 is 2.44 bits per heavy atom. The number of hydrogen-bond acceptors (Lipinski definition) is 9. The first-order valence-corrected chi connectivity index (χ1v) is 12.3. The average molecular weight is 501 g/mol. The van der Waals surface area contributed by atoms with E-state index in [0.29, 0.717) is 16.3 Å². The van der Waals surface area contributed by atoms with Crippen LogP contribution in [0.5, 0.6) is 5.75 Å². The summed E-state index contributed by atoms with van der Waals surface area (Å²) in [5.74, 6) is -1.05. The van der Waals surface area contributed by atoms with Crippen molar-refractivity contribution in [2.45, 2.75) is 6.92 Å². The molecule has 0 spiro atoms. The fourth-order valence-corrected chi connectivity index (χ4v) is 4.38. The number of carbonyl (C=O) groups excluding carboxylic acids is 3. The quantitative estimate of drug-likeness (QED) is 0.293. The Hall–Kier alpha value is -3.50. The van der Waals surface area contributed by atoms with E-state index in [1.165, 1.54) is 23.3 Å². The van der Waals surface area contributed by atoms with Crippen LogP contribution in [0.3, 0.4) is 0 Å². The Morgan fingerprint density at radius 1 is 1.00 bits per heavy atom. The molecule has 1 amide bonds. The van der Waals surface area contributed by atoms with Gasteiger partial charge in [-0.2, -0.15) is 0 Å². The molecule has 1 aromatic heterocycles. The summed E-state index contributed by atoms with van der Waals surface area (Å²) in [7, 11) is 1.58. The number of benzene rings is 2. The molecular formula is C24H24N2O6S2. The Labute approximate surface area is 205 Å². The van der Waals surface area contributed by atoms with Crippen molar-refractivity contribution < 1.29 is 28.6 Å². The van der Waals surface area contributed by atoms with Gasteiger partial charge in [-0.25, -0.2) is 9.59 Å². The maximum atomic E-state index is 12.5. The van der Waals surface area contributed by atoms with Crippen molar-refractivity contribution in [3.8, 4) is 16.2 Å². The highest BCUT2D eigenvalue weighted by molar-refractivity contribution is 7.99. The van der Waals surface area contributed by atoms with E-state index in [-0.39, 0.29) is 12.2 Å². The normalized spacial score (nSPS) is 10.3. The van der Waals surface area contributed by atoms with Crippen LogP contribution in [-0.4, -0.2) is 44.4 Å². The maximum absolute atomic E-state index is 12.5. The molecule has 10 heteroatoms. The number of nitrogens with one attached hydrogen (secondary N) is 2. The standard InChI is InChI=1S/C24H24N2O6S2/c1-4-31-24(29)19-13-20(15-8-10-18(30-2)11-9-15)34-22(19)25-21(27)14-32-23(28)16-6-5-7-17(12-16)26-33-3/h5-13,26H,4,14H2,1-3H3,(H,25,27). The molecule has 2 aromatic carbocycles.